The van der Waals surface area contributed by atoms with E-state index in [2.05, 4.69) is 20.9 Å². The molecule has 0 unspecified atom stereocenters. The maximum Gasteiger partial charge on any atom is 0.185 e. The zero-order valence-corrected chi connectivity index (χ0v) is 13.2. The Hall–Kier alpha value is -1.91. The van der Waals surface area contributed by atoms with E-state index in [9.17, 15) is 4.79 Å². The van der Waals surface area contributed by atoms with Gasteiger partial charge in [-0.05, 0) is 64.5 Å². The minimum absolute atomic E-state index is 0.0726. The van der Waals surface area contributed by atoms with E-state index in [1.165, 1.54) is 6.08 Å². The lowest BCUT2D eigenvalue weighted by molar-refractivity contribution is 0.104. The van der Waals surface area contributed by atoms with Crippen molar-refractivity contribution < 1.29 is 4.79 Å². The number of allylic oxidation sites excluding steroid dienone is 1. The van der Waals surface area contributed by atoms with Crippen LogP contribution in [0.2, 0.25) is 5.02 Å². The molecule has 0 radical (unpaired) electrons. The number of benzene rings is 1. The van der Waals surface area contributed by atoms with E-state index in [0.29, 0.717) is 10.6 Å². The third kappa shape index (κ3) is 3.06. The van der Waals surface area contributed by atoms with Crippen molar-refractivity contribution in [2.24, 2.45) is 0 Å². The summed E-state index contributed by atoms with van der Waals surface area (Å²) in [6, 6.07) is 10.7. The fourth-order valence-electron chi connectivity index (χ4n) is 1.97. The van der Waals surface area contributed by atoms with Gasteiger partial charge in [-0.15, -0.1) is 0 Å². The number of ketones is 1. The monoisotopic (exact) mass is 360 g/mol. The van der Waals surface area contributed by atoms with Crippen LogP contribution in [0.4, 0.5) is 0 Å². The lowest BCUT2D eigenvalue weighted by Gasteiger charge is -1.98. The van der Waals surface area contributed by atoms with Crippen molar-refractivity contribution in [1.29, 1.82) is 0 Å². The largest absolute Gasteiger partial charge is 0.299 e. The Kier molecular flexibility index (Phi) is 3.90. The average molecular weight is 362 g/mol. The number of carbonyl (C=O) groups is 1. The number of rotatable bonds is 3. The lowest BCUT2D eigenvalue weighted by Crippen LogP contribution is -1.94. The molecule has 3 rings (SSSR count). The number of carbonyl (C=O) groups excluding carboxylic acids is 1. The van der Waals surface area contributed by atoms with Gasteiger partial charge in [-0.1, -0.05) is 11.6 Å². The standard InChI is InChI=1S/C16H10BrClN2O/c17-12-3-8-16-19-9-14(20(16)10-12)6-7-15(21)11-1-4-13(18)5-2-11/h1-10H. The Balaban J connectivity index is 1.89. The van der Waals surface area contributed by atoms with Crippen LogP contribution in [0.1, 0.15) is 16.1 Å². The molecule has 5 heteroatoms. The number of fused-ring (bicyclic) bond motifs is 1. The van der Waals surface area contributed by atoms with Gasteiger partial charge in [-0.25, -0.2) is 4.98 Å². The second-order valence-corrected chi connectivity index (χ2v) is 5.82. The van der Waals surface area contributed by atoms with Crippen LogP contribution in [0.5, 0.6) is 0 Å². The molecule has 0 spiro atoms. The molecule has 0 aliphatic heterocycles. The molecular weight excluding hydrogens is 352 g/mol. The summed E-state index contributed by atoms with van der Waals surface area (Å²) in [6.07, 6.45) is 6.93. The molecule has 2 aromatic heterocycles. The highest BCUT2D eigenvalue weighted by Gasteiger charge is 2.04. The van der Waals surface area contributed by atoms with E-state index in [0.717, 1.165) is 15.8 Å². The number of imidazole rings is 1. The van der Waals surface area contributed by atoms with E-state index >= 15 is 0 Å². The molecule has 0 aliphatic rings. The zero-order chi connectivity index (χ0) is 14.8. The van der Waals surface area contributed by atoms with Crippen LogP contribution in [0.25, 0.3) is 11.7 Å². The molecule has 0 aliphatic carbocycles. The SMILES string of the molecule is O=C(C=Cc1cnc2ccc(Br)cn12)c1ccc(Cl)cc1. The summed E-state index contributed by atoms with van der Waals surface area (Å²) in [5.74, 6) is -0.0726. The molecule has 2 heterocycles. The van der Waals surface area contributed by atoms with Gasteiger partial charge < -0.3 is 0 Å². The number of pyridine rings is 1. The molecule has 0 saturated heterocycles. The molecule has 0 N–H and O–H groups in total. The average Bonchev–Trinajstić information content (AvgIpc) is 2.88. The number of nitrogens with zero attached hydrogens (tertiary/aromatic N) is 2. The maximum absolute atomic E-state index is 12.1. The molecule has 0 bridgehead atoms. The van der Waals surface area contributed by atoms with Gasteiger partial charge >= 0.3 is 0 Å². The Morgan fingerprint density at radius 1 is 1.19 bits per heavy atom. The first kappa shape index (κ1) is 14.0. The highest BCUT2D eigenvalue weighted by Crippen LogP contribution is 2.15. The highest BCUT2D eigenvalue weighted by atomic mass is 79.9. The number of halogens is 2. The van der Waals surface area contributed by atoms with Crippen molar-refractivity contribution >= 4 is 45.0 Å². The molecule has 3 aromatic rings. The van der Waals surface area contributed by atoms with Gasteiger partial charge in [0.2, 0.25) is 0 Å². The highest BCUT2D eigenvalue weighted by molar-refractivity contribution is 9.10. The Bertz CT molecular complexity index is 837. The summed E-state index contributed by atoms with van der Waals surface area (Å²) >= 11 is 9.23. The Labute approximate surface area is 135 Å². The van der Waals surface area contributed by atoms with Crippen LogP contribution >= 0.6 is 27.5 Å². The summed E-state index contributed by atoms with van der Waals surface area (Å²) in [7, 11) is 0. The third-order valence-corrected chi connectivity index (χ3v) is 3.75. The van der Waals surface area contributed by atoms with Crippen molar-refractivity contribution in [2.75, 3.05) is 0 Å². The van der Waals surface area contributed by atoms with Gasteiger partial charge in [0.15, 0.2) is 5.78 Å². The summed E-state index contributed by atoms with van der Waals surface area (Å²) in [6.45, 7) is 0. The zero-order valence-electron chi connectivity index (χ0n) is 10.8. The van der Waals surface area contributed by atoms with Crippen LogP contribution in [-0.2, 0) is 0 Å². The quantitative estimate of drug-likeness (QED) is 0.503. The van der Waals surface area contributed by atoms with Crippen molar-refractivity contribution in [3.8, 4) is 0 Å². The molecule has 21 heavy (non-hydrogen) atoms. The first-order valence-electron chi connectivity index (χ1n) is 6.24. The summed E-state index contributed by atoms with van der Waals surface area (Å²) in [5, 5.41) is 0.613. The van der Waals surface area contributed by atoms with E-state index < -0.39 is 0 Å². The van der Waals surface area contributed by atoms with Crippen LogP contribution < -0.4 is 0 Å². The minimum Gasteiger partial charge on any atom is -0.299 e. The maximum atomic E-state index is 12.1. The molecule has 0 saturated carbocycles. The number of hydrogen-bond donors (Lipinski definition) is 0. The van der Waals surface area contributed by atoms with Gasteiger partial charge in [-0.2, -0.15) is 0 Å². The Morgan fingerprint density at radius 3 is 2.71 bits per heavy atom. The normalized spacial score (nSPS) is 11.3. The minimum atomic E-state index is -0.0726. The second-order valence-electron chi connectivity index (χ2n) is 4.46. The fraction of sp³-hybridized carbons (Fsp3) is 0. The summed E-state index contributed by atoms with van der Waals surface area (Å²) < 4.78 is 2.86. The van der Waals surface area contributed by atoms with Gasteiger partial charge in [0.05, 0.1) is 11.9 Å². The van der Waals surface area contributed by atoms with Gasteiger partial charge in [0.1, 0.15) is 5.65 Å². The van der Waals surface area contributed by atoms with Crippen LogP contribution in [-0.4, -0.2) is 15.2 Å². The predicted molar refractivity (Wildman–Crippen MR) is 87.7 cm³/mol. The Morgan fingerprint density at radius 2 is 1.95 bits per heavy atom. The lowest BCUT2D eigenvalue weighted by atomic mass is 10.1. The van der Waals surface area contributed by atoms with Crippen LogP contribution in [0.15, 0.2) is 59.3 Å². The third-order valence-electron chi connectivity index (χ3n) is 3.03. The van der Waals surface area contributed by atoms with Crippen molar-refractivity contribution in [3.63, 3.8) is 0 Å². The first-order valence-corrected chi connectivity index (χ1v) is 7.41. The van der Waals surface area contributed by atoms with Crippen molar-refractivity contribution in [2.45, 2.75) is 0 Å². The van der Waals surface area contributed by atoms with Crippen molar-refractivity contribution in [3.05, 3.63) is 75.6 Å². The second kappa shape index (κ2) is 5.84. The van der Waals surface area contributed by atoms with E-state index in [1.54, 1.807) is 36.5 Å². The number of aromatic nitrogens is 2. The topological polar surface area (TPSA) is 34.4 Å². The molecule has 1 aromatic carbocycles. The van der Waals surface area contributed by atoms with Crippen LogP contribution in [0.3, 0.4) is 0 Å². The van der Waals surface area contributed by atoms with E-state index in [-0.39, 0.29) is 5.78 Å². The first-order chi connectivity index (χ1) is 10.1. The van der Waals surface area contributed by atoms with E-state index in [4.69, 9.17) is 11.6 Å². The van der Waals surface area contributed by atoms with Crippen molar-refractivity contribution in [1.82, 2.24) is 9.38 Å². The summed E-state index contributed by atoms with van der Waals surface area (Å²) in [4.78, 5) is 16.4. The van der Waals surface area contributed by atoms with Gasteiger partial charge in [-0.3, -0.25) is 9.20 Å². The predicted octanol–water partition coefficient (Wildman–Crippen LogP) is 4.65. The number of hydrogen-bond acceptors (Lipinski definition) is 2. The smallest absolute Gasteiger partial charge is 0.185 e. The molecule has 0 amide bonds. The molecule has 0 fully saturated rings. The van der Waals surface area contributed by atoms with Crippen LogP contribution in [0, 0.1) is 0 Å². The van der Waals surface area contributed by atoms with Gasteiger partial charge in [0.25, 0.3) is 0 Å². The molecule has 3 nitrogen and oxygen atoms in total. The fourth-order valence-corrected chi connectivity index (χ4v) is 2.43. The molecular formula is C16H10BrClN2O. The van der Waals surface area contributed by atoms with Gasteiger partial charge in [0, 0.05) is 21.3 Å². The molecule has 0 atom stereocenters. The summed E-state index contributed by atoms with van der Waals surface area (Å²) in [5.41, 5.74) is 2.27. The van der Waals surface area contributed by atoms with E-state index in [1.807, 2.05) is 22.7 Å². The molecule has 104 valence electrons.